The number of hydrogen-bond acceptors (Lipinski definition) is 7. The van der Waals surface area contributed by atoms with Crippen molar-refractivity contribution in [1.82, 2.24) is 19.3 Å². The largest absolute Gasteiger partial charge is 0.445 e. The van der Waals surface area contributed by atoms with E-state index in [-0.39, 0.29) is 57.4 Å². The van der Waals surface area contributed by atoms with E-state index in [4.69, 9.17) is 4.74 Å². The van der Waals surface area contributed by atoms with Crippen molar-refractivity contribution >= 4 is 32.8 Å². The molecule has 0 aliphatic heterocycles. The Hall–Kier alpha value is -4.91. The number of halogens is 3. The van der Waals surface area contributed by atoms with Crippen molar-refractivity contribution in [2.75, 3.05) is 5.32 Å². The summed E-state index contributed by atoms with van der Waals surface area (Å²) in [6.45, 7) is 3.35. The topological polar surface area (TPSA) is 115 Å². The first-order valence-corrected chi connectivity index (χ1v) is 16.5. The lowest BCUT2D eigenvalue weighted by Gasteiger charge is -2.30. The SMILES string of the molecule is Cc1ccc(S(=O)(=O)n2cc(-c3nc(C)c(F)c(N[C@@H]4CCC[C@H](NC(=O)OCc5ccccc5)C4)n3)c3cc(F)cc(F)c32)cc1. The fraction of sp³-hybridized carbons (Fsp3) is 0.265. The van der Waals surface area contributed by atoms with Gasteiger partial charge in [-0.3, -0.25) is 0 Å². The van der Waals surface area contributed by atoms with Crippen molar-refractivity contribution in [2.45, 2.75) is 63.1 Å². The summed E-state index contributed by atoms with van der Waals surface area (Å²) in [6, 6.07) is 16.4. The lowest BCUT2D eigenvalue weighted by Crippen LogP contribution is -2.42. The number of carbonyl (C=O) groups is 1. The maximum Gasteiger partial charge on any atom is 0.407 e. The van der Waals surface area contributed by atoms with Crippen molar-refractivity contribution < 1.29 is 31.1 Å². The van der Waals surface area contributed by atoms with Gasteiger partial charge >= 0.3 is 6.09 Å². The smallest absolute Gasteiger partial charge is 0.407 e. The molecule has 1 aliphatic rings. The minimum Gasteiger partial charge on any atom is -0.445 e. The van der Waals surface area contributed by atoms with Gasteiger partial charge in [-0.2, -0.15) is 0 Å². The molecule has 244 valence electrons. The van der Waals surface area contributed by atoms with E-state index in [1.165, 1.54) is 19.1 Å². The Labute approximate surface area is 269 Å². The van der Waals surface area contributed by atoms with Crippen LogP contribution in [-0.4, -0.2) is 40.5 Å². The number of anilines is 1. The summed E-state index contributed by atoms with van der Waals surface area (Å²) in [5, 5.41) is 5.89. The van der Waals surface area contributed by atoms with Crippen LogP contribution in [0.4, 0.5) is 23.8 Å². The lowest BCUT2D eigenvalue weighted by molar-refractivity contribution is 0.132. The molecule has 5 aromatic rings. The minimum atomic E-state index is -4.33. The monoisotopic (exact) mass is 663 g/mol. The maximum atomic E-state index is 15.4. The van der Waals surface area contributed by atoms with E-state index >= 15 is 8.78 Å². The lowest BCUT2D eigenvalue weighted by atomic mass is 9.91. The molecule has 1 aliphatic carbocycles. The Balaban J connectivity index is 1.28. The number of alkyl carbamates (subject to hydrolysis) is 1. The summed E-state index contributed by atoms with van der Waals surface area (Å²) < 4.78 is 78.6. The summed E-state index contributed by atoms with van der Waals surface area (Å²) >= 11 is 0. The second-order valence-corrected chi connectivity index (χ2v) is 13.5. The highest BCUT2D eigenvalue weighted by atomic mass is 32.2. The third-order valence-corrected chi connectivity index (χ3v) is 9.84. The van der Waals surface area contributed by atoms with Crippen LogP contribution in [0.15, 0.2) is 77.8 Å². The third kappa shape index (κ3) is 6.80. The van der Waals surface area contributed by atoms with Gasteiger partial charge in [-0.1, -0.05) is 48.0 Å². The summed E-state index contributed by atoms with van der Waals surface area (Å²) in [7, 11) is -4.33. The zero-order chi connectivity index (χ0) is 33.3. The van der Waals surface area contributed by atoms with Gasteiger partial charge in [-0.05, 0) is 63.3 Å². The van der Waals surface area contributed by atoms with Crippen molar-refractivity contribution in [2.24, 2.45) is 0 Å². The first kappa shape index (κ1) is 32.0. The van der Waals surface area contributed by atoms with Gasteiger partial charge < -0.3 is 15.4 Å². The fourth-order valence-electron chi connectivity index (χ4n) is 5.79. The Morgan fingerprint density at radius 3 is 2.45 bits per heavy atom. The molecule has 1 fully saturated rings. The van der Waals surface area contributed by atoms with Crippen LogP contribution < -0.4 is 10.6 Å². The van der Waals surface area contributed by atoms with Crippen molar-refractivity contribution in [3.63, 3.8) is 0 Å². The predicted molar refractivity (Wildman–Crippen MR) is 171 cm³/mol. The molecular weight excluding hydrogens is 631 g/mol. The number of hydrogen-bond donors (Lipinski definition) is 2. The number of amides is 1. The van der Waals surface area contributed by atoms with E-state index in [2.05, 4.69) is 20.6 Å². The van der Waals surface area contributed by atoms with Crippen molar-refractivity contribution in [3.05, 3.63) is 107 Å². The quantitative estimate of drug-likeness (QED) is 0.183. The number of rotatable bonds is 8. The zero-order valence-corrected chi connectivity index (χ0v) is 26.5. The first-order chi connectivity index (χ1) is 22.5. The highest BCUT2D eigenvalue weighted by molar-refractivity contribution is 7.90. The molecular formula is C34H32F3N5O4S. The third-order valence-electron chi connectivity index (χ3n) is 8.17. The van der Waals surface area contributed by atoms with Crippen LogP contribution in [0.25, 0.3) is 22.3 Å². The average Bonchev–Trinajstić information content (AvgIpc) is 3.44. The molecule has 0 unspecified atom stereocenters. The highest BCUT2D eigenvalue weighted by Gasteiger charge is 2.28. The maximum absolute atomic E-state index is 15.4. The van der Waals surface area contributed by atoms with Crippen LogP contribution in [0, 0.1) is 31.3 Å². The molecule has 1 amide bonds. The second-order valence-electron chi connectivity index (χ2n) is 11.6. The van der Waals surface area contributed by atoms with E-state index in [0.29, 0.717) is 25.3 Å². The summed E-state index contributed by atoms with van der Waals surface area (Å²) in [6.07, 6.45) is 3.15. The van der Waals surface area contributed by atoms with Crippen LogP contribution in [0.5, 0.6) is 0 Å². The average molecular weight is 664 g/mol. The molecule has 13 heteroatoms. The van der Waals surface area contributed by atoms with Crippen LogP contribution in [0.2, 0.25) is 0 Å². The number of nitrogens with zero attached hydrogens (tertiary/aromatic N) is 3. The van der Waals surface area contributed by atoms with E-state index in [1.807, 2.05) is 30.3 Å². The number of carbonyl (C=O) groups excluding carboxylic acids is 1. The molecule has 1 saturated carbocycles. The molecule has 0 spiro atoms. The van der Waals surface area contributed by atoms with Crippen molar-refractivity contribution in [1.29, 1.82) is 0 Å². The number of aryl methyl sites for hydroxylation is 2. The van der Waals surface area contributed by atoms with Gasteiger partial charge in [-0.15, -0.1) is 0 Å². The van der Waals surface area contributed by atoms with Crippen LogP contribution >= 0.6 is 0 Å². The summed E-state index contributed by atoms with van der Waals surface area (Å²) in [4.78, 5) is 21.0. The zero-order valence-electron chi connectivity index (χ0n) is 25.6. The molecule has 0 radical (unpaired) electrons. The van der Waals surface area contributed by atoms with Crippen LogP contribution in [0.3, 0.4) is 0 Å². The van der Waals surface area contributed by atoms with Gasteiger partial charge in [0, 0.05) is 35.3 Å². The minimum absolute atomic E-state index is 0.00425. The number of aromatic nitrogens is 3. The second kappa shape index (κ2) is 13.1. The number of fused-ring (bicyclic) bond motifs is 1. The molecule has 3 aromatic carbocycles. The fourth-order valence-corrected chi connectivity index (χ4v) is 7.17. The van der Waals surface area contributed by atoms with E-state index in [9.17, 15) is 17.6 Å². The molecule has 6 rings (SSSR count). The standard InChI is InChI=1S/C34H32F3N5O4S/c1-20-11-13-26(14-12-20)47(44,45)42-18-28(27-15-23(35)16-29(36)31(27)42)32-38-21(2)30(37)33(41-32)39-24-9-6-10-25(17-24)40-34(43)46-19-22-7-4-3-5-8-22/h3-5,7-8,11-16,18,24-25H,6,9-10,17,19H2,1-2H3,(H,40,43)(H,38,39,41)/t24-,25+/m1/s1. The molecule has 9 nitrogen and oxygen atoms in total. The summed E-state index contributed by atoms with van der Waals surface area (Å²) in [5.74, 6) is -3.01. The molecule has 2 N–H and O–H groups in total. The summed E-state index contributed by atoms with van der Waals surface area (Å²) in [5.41, 5.74) is 1.25. The first-order valence-electron chi connectivity index (χ1n) is 15.1. The molecule has 2 atom stereocenters. The molecule has 2 heterocycles. The Morgan fingerprint density at radius 1 is 0.979 bits per heavy atom. The molecule has 2 aromatic heterocycles. The number of nitrogens with one attached hydrogen (secondary N) is 2. The highest BCUT2D eigenvalue weighted by Crippen LogP contribution is 2.35. The van der Waals surface area contributed by atoms with E-state index < -0.39 is 33.6 Å². The van der Waals surface area contributed by atoms with Gasteiger partial charge in [0.2, 0.25) is 0 Å². The van der Waals surface area contributed by atoms with Gasteiger partial charge in [-0.25, -0.2) is 40.3 Å². The van der Waals surface area contributed by atoms with E-state index in [0.717, 1.165) is 33.8 Å². The van der Waals surface area contributed by atoms with Crippen molar-refractivity contribution in [3.8, 4) is 11.4 Å². The normalized spacial score (nSPS) is 16.6. The van der Waals surface area contributed by atoms with E-state index in [1.54, 1.807) is 19.1 Å². The van der Waals surface area contributed by atoms with Crippen LogP contribution in [-0.2, 0) is 21.4 Å². The van der Waals surface area contributed by atoms with Gasteiger partial charge in [0.15, 0.2) is 23.3 Å². The molecule has 0 bridgehead atoms. The Bertz CT molecular complexity index is 2050. The molecule has 47 heavy (non-hydrogen) atoms. The van der Waals surface area contributed by atoms with Crippen LogP contribution in [0.1, 0.15) is 42.5 Å². The predicted octanol–water partition coefficient (Wildman–Crippen LogP) is 7.02. The Kier molecular flexibility index (Phi) is 8.91. The molecule has 0 saturated heterocycles. The van der Waals surface area contributed by atoms with Gasteiger partial charge in [0.25, 0.3) is 10.0 Å². The van der Waals surface area contributed by atoms with Gasteiger partial charge in [0.1, 0.15) is 17.9 Å². The van der Waals surface area contributed by atoms with Gasteiger partial charge in [0.05, 0.1) is 10.6 Å². The Morgan fingerprint density at radius 2 is 1.70 bits per heavy atom. The number of ether oxygens (including phenoxy) is 1. The number of benzene rings is 3.